The van der Waals surface area contributed by atoms with E-state index in [1.807, 2.05) is 6.07 Å². The van der Waals surface area contributed by atoms with Crippen molar-refractivity contribution >= 4 is 0 Å². The van der Waals surface area contributed by atoms with Crippen LogP contribution < -0.4 is 0 Å². The number of rotatable bonds is 1. The zero-order valence-corrected chi connectivity index (χ0v) is 8.83. The number of phenols is 1. The molecule has 0 amide bonds. The number of nitrogens with zero attached hydrogens (tertiary/aromatic N) is 1. The van der Waals surface area contributed by atoms with E-state index in [-0.39, 0.29) is 0 Å². The summed E-state index contributed by atoms with van der Waals surface area (Å²) in [5, 5.41) is 9.73. The first-order valence-electron chi connectivity index (χ1n) is 5.22. The fourth-order valence-corrected chi connectivity index (χ4v) is 2.02. The van der Waals surface area contributed by atoms with E-state index >= 15 is 0 Å². The molecule has 0 radical (unpaired) electrons. The first-order valence-corrected chi connectivity index (χ1v) is 5.22. The van der Waals surface area contributed by atoms with E-state index in [0.29, 0.717) is 11.8 Å². The minimum absolute atomic E-state index is 0.452. The summed E-state index contributed by atoms with van der Waals surface area (Å²) in [4.78, 5) is 2.39. The third-order valence-corrected chi connectivity index (χ3v) is 3.01. The standard InChI is InChI=1S/C12H17NO/c1-9(2)13-7-6-10-4-3-5-12(14)11(10)8-13/h3-5,9,14H,6-8H2,1-2H3. The Balaban J connectivity index is 2.29. The number of hydrogen-bond donors (Lipinski definition) is 1. The van der Waals surface area contributed by atoms with Gasteiger partial charge in [-0.05, 0) is 31.9 Å². The van der Waals surface area contributed by atoms with Gasteiger partial charge in [-0.25, -0.2) is 0 Å². The molecule has 0 unspecified atom stereocenters. The molecule has 0 aliphatic carbocycles. The Bertz CT molecular complexity index is 333. The summed E-state index contributed by atoms with van der Waals surface area (Å²) in [6, 6.07) is 6.39. The lowest BCUT2D eigenvalue weighted by molar-refractivity contribution is 0.200. The lowest BCUT2D eigenvalue weighted by Gasteiger charge is -2.32. The molecular formula is C12H17NO. The normalized spacial score (nSPS) is 17.1. The fraction of sp³-hybridized carbons (Fsp3) is 0.500. The lowest BCUT2D eigenvalue weighted by Crippen LogP contribution is -2.35. The number of hydrogen-bond acceptors (Lipinski definition) is 2. The van der Waals surface area contributed by atoms with Crippen LogP contribution in [0.5, 0.6) is 5.75 Å². The minimum Gasteiger partial charge on any atom is -0.508 e. The SMILES string of the molecule is CC(C)N1CCc2cccc(O)c2C1. The molecule has 2 heteroatoms. The molecule has 2 nitrogen and oxygen atoms in total. The Morgan fingerprint density at radius 3 is 2.86 bits per heavy atom. The first-order chi connectivity index (χ1) is 6.68. The molecule has 0 atom stereocenters. The summed E-state index contributed by atoms with van der Waals surface area (Å²) in [7, 11) is 0. The van der Waals surface area contributed by atoms with Gasteiger partial charge < -0.3 is 5.11 Å². The van der Waals surface area contributed by atoms with Gasteiger partial charge >= 0.3 is 0 Å². The van der Waals surface area contributed by atoms with Crippen molar-refractivity contribution in [1.29, 1.82) is 0 Å². The summed E-state index contributed by atoms with van der Waals surface area (Å²) in [5.41, 5.74) is 2.43. The van der Waals surface area contributed by atoms with Crippen molar-refractivity contribution in [3.8, 4) is 5.75 Å². The quantitative estimate of drug-likeness (QED) is 0.735. The highest BCUT2D eigenvalue weighted by Gasteiger charge is 2.20. The molecule has 1 heterocycles. The average molecular weight is 191 g/mol. The Morgan fingerprint density at radius 1 is 1.36 bits per heavy atom. The third-order valence-electron chi connectivity index (χ3n) is 3.01. The molecule has 0 saturated carbocycles. The van der Waals surface area contributed by atoms with Crippen molar-refractivity contribution in [1.82, 2.24) is 4.90 Å². The third kappa shape index (κ3) is 1.62. The molecule has 1 aliphatic heterocycles. The van der Waals surface area contributed by atoms with Gasteiger partial charge in [-0.15, -0.1) is 0 Å². The van der Waals surface area contributed by atoms with Crippen LogP contribution in [0.15, 0.2) is 18.2 Å². The van der Waals surface area contributed by atoms with E-state index in [4.69, 9.17) is 0 Å². The Hall–Kier alpha value is -1.02. The molecule has 0 saturated heterocycles. The van der Waals surface area contributed by atoms with Gasteiger partial charge in [0.2, 0.25) is 0 Å². The predicted molar refractivity (Wildman–Crippen MR) is 57.4 cm³/mol. The van der Waals surface area contributed by atoms with Gasteiger partial charge in [-0.1, -0.05) is 12.1 Å². The second kappa shape index (κ2) is 3.62. The van der Waals surface area contributed by atoms with Crippen LogP contribution in [0.4, 0.5) is 0 Å². The van der Waals surface area contributed by atoms with Crippen LogP contribution in [0.25, 0.3) is 0 Å². The van der Waals surface area contributed by atoms with Crippen molar-refractivity contribution in [2.75, 3.05) is 6.54 Å². The van der Waals surface area contributed by atoms with Gasteiger partial charge in [-0.3, -0.25) is 4.90 Å². The highest BCUT2D eigenvalue weighted by atomic mass is 16.3. The molecule has 1 aromatic rings. The van der Waals surface area contributed by atoms with E-state index in [2.05, 4.69) is 24.8 Å². The van der Waals surface area contributed by atoms with Crippen molar-refractivity contribution in [2.45, 2.75) is 32.9 Å². The van der Waals surface area contributed by atoms with Crippen LogP contribution in [-0.4, -0.2) is 22.6 Å². The molecular weight excluding hydrogens is 174 g/mol. The molecule has 0 bridgehead atoms. The second-order valence-electron chi connectivity index (χ2n) is 4.23. The van der Waals surface area contributed by atoms with E-state index in [0.717, 1.165) is 25.1 Å². The Kier molecular flexibility index (Phi) is 2.46. The summed E-state index contributed by atoms with van der Waals surface area (Å²) in [6.45, 7) is 6.39. The zero-order valence-electron chi connectivity index (χ0n) is 8.83. The number of fused-ring (bicyclic) bond motifs is 1. The van der Waals surface area contributed by atoms with Crippen LogP contribution in [-0.2, 0) is 13.0 Å². The fourth-order valence-electron chi connectivity index (χ4n) is 2.02. The maximum atomic E-state index is 9.73. The lowest BCUT2D eigenvalue weighted by atomic mass is 9.98. The second-order valence-corrected chi connectivity index (χ2v) is 4.23. The van der Waals surface area contributed by atoms with Crippen LogP contribution >= 0.6 is 0 Å². The van der Waals surface area contributed by atoms with Crippen LogP contribution in [0.3, 0.4) is 0 Å². The zero-order chi connectivity index (χ0) is 10.1. The molecule has 0 fully saturated rings. The molecule has 0 aromatic heterocycles. The molecule has 1 aromatic carbocycles. The minimum atomic E-state index is 0.452. The van der Waals surface area contributed by atoms with Crippen molar-refractivity contribution in [3.63, 3.8) is 0 Å². The predicted octanol–water partition coefficient (Wildman–Crippen LogP) is 2.16. The Morgan fingerprint density at radius 2 is 2.14 bits per heavy atom. The molecule has 14 heavy (non-hydrogen) atoms. The van der Waals surface area contributed by atoms with E-state index < -0.39 is 0 Å². The molecule has 0 spiro atoms. The highest BCUT2D eigenvalue weighted by Crippen LogP contribution is 2.27. The van der Waals surface area contributed by atoms with Crippen LogP contribution in [0.2, 0.25) is 0 Å². The topological polar surface area (TPSA) is 23.5 Å². The van der Waals surface area contributed by atoms with Crippen molar-refractivity contribution in [3.05, 3.63) is 29.3 Å². The van der Waals surface area contributed by atoms with E-state index in [9.17, 15) is 5.11 Å². The maximum Gasteiger partial charge on any atom is 0.120 e. The van der Waals surface area contributed by atoms with Crippen molar-refractivity contribution < 1.29 is 5.11 Å². The molecule has 76 valence electrons. The monoisotopic (exact) mass is 191 g/mol. The molecule has 1 N–H and O–H groups in total. The van der Waals surface area contributed by atoms with E-state index in [1.54, 1.807) is 6.07 Å². The van der Waals surface area contributed by atoms with Gasteiger partial charge in [0.15, 0.2) is 0 Å². The first kappa shape index (κ1) is 9.53. The molecule has 2 rings (SSSR count). The van der Waals surface area contributed by atoms with Gasteiger partial charge in [0, 0.05) is 24.7 Å². The van der Waals surface area contributed by atoms with Gasteiger partial charge in [0.25, 0.3) is 0 Å². The van der Waals surface area contributed by atoms with Gasteiger partial charge in [0.1, 0.15) is 5.75 Å². The van der Waals surface area contributed by atoms with Crippen LogP contribution in [0.1, 0.15) is 25.0 Å². The summed E-state index contributed by atoms with van der Waals surface area (Å²) >= 11 is 0. The summed E-state index contributed by atoms with van der Waals surface area (Å²) in [5.74, 6) is 0.452. The number of aromatic hydroxyl groups is 1. The summed E-state index contributed by atoms with van der Waals surface area (Å²) in [6.07, 6.45) is 1.06. The number of phenolic OH excluding ortho intramolecular Hbond substituents is 1. The average Bonchev–Trinajstić information content (AvgIpc) is 2.18. The van der Waals surface area contributed by atoms with E-state index in [1.165, 1.54) is 5.56 Å². The highest BCUT2D eigenvalue weighted by molar-refractivity contribution is 5.40. The largest absolute Gasteiger partial charge is 0.508 e. The smallest absolute Gasteiger partial charge is 0.120 e. The summed E-state index contributed by atoms with van der Waals surface area (Å²) < 4.78 is 0. The molecule has 1 aliphatic rings. The maximum absolute atomic E-state index is 9.73. The van der Waals surface area contributed by atoms with Gasteiger partial charge in [-0.2, -0.15) is 0 Å². The number of benzene rings is 1. The Labute approximate surface area is 85.2 Å². The van der Waals surface area contributed by atoms with Crippen LogP contribution in [0, 0.1) is 0 Å². The van der Waals surface area contributed by atoms with Crippen molar-refractivity contribution in [2.24, 2.45) is 0 Å². The van der Waals surface area contributed by atoms with Gasteiger partial charge in [0.05, 0.1) is 0 Å².